The van der Waals surface area contributed by atoms with Crippen molar-refractivity contribution in [1.29, 1.82) is 0 Å². The van der Waals surface area contributed by atoms with Crippen LogP contribution in [-0.2, 0) is 4.79 Å². The van der Waals surface area contributed by atoms with Crippen LogP contribution in [0.4, 0.5) is 8.78 Å². The smallest absolute Gasteiger partial charge is 0.387 e. The number of hydrogen-bond donors (Lipinski definition) is 3. The highest BCUT2D eigenvalue weighted by Crippen LogP contribution is 2.29. The highest BCUT2D eigenvalue weighted by molar-refractivity contribution is 5.98. The number of benzene rings is 1. The Kier molecular flexibility index (Phi) is 7.20. The molecule has 0 unspecified atom stereocenters. The first-order valence-electron chi connectivity index (χ1n) is 7.82. The number of amides is 3. The first kappa shape index (κ1) is 20.6. The lowest BCUT2D eigenvalue weighted by Gasteiger charge is -2.12. The topological polar surface area (TPSA) is 119 Å². The summed E-state index contributed by atoms with van der Waals surface area (Å²) in [6.45, 7) is -3.49. The third kappa shape index (κ3) is 5.90. The first-order valence-corrected chi connectivity index (χ1v) is 7.82. The Morgan fingerprint density at radius 1 is 1.07 bits per heavy atom. The van der Waals surface area contributed by atoms with Crippen molar-refractivity contribution in [3.63, 3.8) is 0 Å². The van der Waals surface area contributed by atoms with Gasteiger partial charge in [-0.3, -0.25) is 30.2 Å². The Labute approximate surface area is 158 Å². The van der Waals surface area contributed by atoms with E-state index in [0.717, 1.165) is 6.07 Å². The molecule has 0 spiro atoms. The number of pyridine rings is 1. The van der Waals surface area contributed by atoms with E-state index < -0.39 is 30.9 Å². The molecular weight excluding hydrogens is 378 g/mol. The van der Waals surface area contributed by atoms with E-state index in [1.54, 1.807) is 12.1 Å². The second-order valence-corrected chi connectivity index (χ2v) is 5.14. The number of hydrogen-bond acceptors (Lipinski definition) is 6. The van der Waals surface area contributed by atoms with E-state index in [-0.39, 0.29) is 22.8 Å². The van der Waals surface area contributed by atoms with Crippen molar-refractivity contribution in [2.45, 2.75) is 6.61 Å². The zero-order valence-corrected chi connectivity index (χ0v) is 14.6. The predicted molar refractivity (Wildman–Crippen MR) is 91.8 cm³/mol. The molecule has 2 aromatic rings. The van der Waals surface area contributed by atoms with Crippen molar-refractivity contribution in [2.75, 3.05) is 13.7 Å². The van der Waals surface area contributed by atoms with Gasteiger partial charge in [-0.2, -0.15) is 8.78 Å². The maximum absolute atomic E-state index is 12.3. The maximum atomic E-state index is 12.3. The molecule has 0 fully saturated rings. The lowest BCUT2D eigenvalue weighted by Crippen LogP contribution is -2.46. The Bertz CT molecular complexity index is 849. The molecule has 0 aliphatic heterocycles. The number of carbonyl (C=O) groups excluding carboxylic acids is 3. The molecule has 148 valence electrons. The van der Waals surface area contributed by atoms with Crippen molar-refractivity contribution in [3.8, 4) is 11.5 Å². The molecule has 1 aromatic heterocycles. The molecule has 0 aliphatic rings. The number of hydrazine groups is 1. The number of carbonyl (C=O) groups is 3. The van der Waals surface area contributed by atoms with Gasteiger partial charge in [0.25, 0.3) is 17.7 Å². The summed E-state index contributed by atoms with van der Waals surface area (Å²) in [4.78, 5) is 39.3. The lowest BCUT2D eigenvalue weighted by atomic mass is 10.2. The molecular formula is C17H16F2N4O5. The Morgan fingerprint density at radius 2 is 1.86 bits per heavy atom. The molecule has 0 saturated carbocycles. The van der Waals surface area contributed by atoms with E-state index in [4.69, 9.17) is 4.74 Å². The van der Waals surface area contributed by atoms with E-state index in [1.165, 1.54) is 31.5 Å². The summed E-state index contributed by atoms with van der Waals surface area (Å²) in [5, 5.41) is 2.31. The number of aromatic nitrogens is 1. The quantitative estimate of drug-likeness (QED) is 0.600. The summed E-state index contributed by atoms with van der Waals surface area (Å²) in [6, 6.07) is 8.26. The molecule has 28 heavy (non-hydrogen) atoms. The van der Waals surface area contributed by atoms with Gasteiger partial charge in [0.15, 0.2) is 11.5 Å². The standard InChI is InChI=1S/C17H16F2N4O5/c1-27-13-8-10(5-6-12(13)28-17(18)19)15(25)21-9-14(24)22-23-16(26)11-4-2-3-7-20-11/h2-8,17H,9H2,1H3,(H,21,25)(H,22,24)(H,23,26). The molecule has 1 aromatic carbocycles. The zero-order valence-electron chi connectivity index (χ0n) is 14.6. The van der Waals surface area contributed by atoms with E-state index in [9.17, 15) is 23.2 Å². The van der Waals surface area contributed by atoms with Crippen LogP contribution in [0, 0.1) is 0 Å². The van der Waals surface area contributed by atoms with Gasteiger partial charge in [-0.05, 0) is 30.3 Å². The molecule has 3 amide bonds. The van der Waals surface area contributed by atoms with Gasteiger partial charge in [0.05, 0.1) is 13.7 Å². The van der Waals surface area contributed by atoms with Crippen LogP contribution >= 0.6 is 0 Å². The number of nitrogens with one attached hydrogen (secondary N) is 3. The molecule has 0 bridgehead atoms. The average Bonchev–Trinajstić information content (AvgIpc) is 2.70. The third-order valence-electron chi connectivity index (χ3n) is 3.26. The van der Waals surface area contributed by atoms with Crippen molar-refractivity contribution >= 4 is 17.7 Å². The molecule has 2 rings (SSSR count). The minimum Gasteiger partial charge on any atom is -0.493 e. The fourth-order valence-corrected chi connectivity index (χ4v) is 2.00. The van der Waals surface area contributed by atoms with E-state index in [1.807, 2.05) is 0 Å². The molecule has 0 atom stereocenters. The SMILES string of the molecule is COc1cc(C(=O)NCC(=O)NNC(=O)c2ccccn2)ccc1OC(F)F. The largest absolute Gasteiger partial charge is 0.493 e. The van der Waals surface area contributed by atoms with E-state index in [0.29, 0.717) is 0 Å². The molecule has 9 nitrogen and oxygen atoms in total. The van der Waals surface area contributed by atoms with Crippen molar-refractivity contribution in [3.05, 3.63) is 53.9 Å². The van der Waals surface area contributed by atoms with Crippen LogP contribution in [-0.4, -0.2) is 43.0 Å². The monoisotopic (exact) mass is 394 g/mol. The first-order chi connectivity index (χ1) is 13.4. The molecule has 0 radical (unpaired) electrons. The van der Waals surface area contributed by atoms with Gasteiger partial charge in [-0.25, -0.2) is 0 Å². The van der Waals surface area contributed by atoms with Gasteiger partial charge in [-0.15, -0.1) is 0 Å². The highest BCUT2D eigenvalue weighted by atomic mass is 19.3. The third-order valence-corrected chi connectivity index (χ3v) is 3.26. The van der Waals surface area contributed by atoms with Gasteiger partial charge in [0, 0.05) is 11.8 Å². The molecule has 0 aliphatic carbocycles. The average molecular weight is 394 g/mol. The van der Waals surface area contributed by atoms with Gasteiger partial charge in [-0.1, -0.05) is 6.07 Å². The van der Waals surface area contributed by atoms with Gasteiger partial charge >= 0.3 is 6.61 Å². The lowest BCUT2D eigenvalue weighted by molar-refractivity contribution is -0.120. The number of rotatable bonds is 7. The number of ether oxygens (including phenoxy) is 2. The molecule has 3 N–H and O–H groups in total. The van der Waals surface area contributed by atoms with Crippen LogP contribution in [0.5, 0.6) is 11.5 Å². The number of methoxy groups -OCH3 is 1. The van der Waals surface area contributed by atoms with Gasteiger partial charge in [0.2, 0.25) is 0 Å². The van der Waals surface area contributed by atoms with Gasteiger partial charge in [0.1, 0.15) is 5.69 Å². The fourth-order valence-electron chi connectivity index (χ4n) is 2.00. The summed E-state index contributed by atoms with van der Waals surface area (Å²) < 4.78 is 33.8. The van der Waals surface area contributed by atoms with Crippen LogP contribution < -0.4 is 25.6 Å². The number of halogens is 2. The second kappa shape index (κ2) is 9.80. The van der Waals surface area contributed by atoms with Crippen molar-refractivity contribution in [2.24, 2.45) is 0 Å². The zero-order chi connectivity index (χ0) is 20.5. The minimum atomic E-state index is -3.04. The Morgan fingerprint density at radius 3 is 2.50 bits per heavy atom. The van der Waals surface area contributed by atoms with Crippen LogP contribution in [0.25, 0.3) is 0 Å². The minimum absolute atomic E-state index is 0.0591. The molecule has 0 saturated heterocycles. The second-order valence-electron chi connectivity index (χ2n) is 5.14. The van der Waals surface area contributed by atoms with Crippen molar-refractivity contribution in [1.82, 2.24) is 21.2 Å². The number of nitrogens with zero attached hydrogens (tertiary/aromatic N) is 1. The van der Waals surface area contributed by atoms with Crippen molar-refractivity contribution < 1.29 is 32.6 Å². The summed E-state index contributed by atoms with van der Waals surface area (Å²) in [5.74, 6) is -2.28. The van der Waals surface area contributed by atoms with E-state index >= 15 is 0 Å². The summed E-state index contributed by atoms with van der Waals surface area (Å²) >= 11 is 0. The van der Waals surface area contributed by atoms with Gasteiger partial charge < -0.3 is 14.8 Å². The van der Waals surface area contributed by atoms with Crippen LogP contribution in [0.2, 0.25) is 0 Å². The summed E-state index contributed by atoms with van der Waals surface area (Å²) in [6.07, 6.45) is 1.42. The van der Waals surface area contributed by atoms with Crippen LogP contribution in [0.3, 0.4) is 0 Å². The normalized spacial score (nSPS) is 10.1. The fraction of sp³-hybridized carbons (Fsp3) is 0.176. The maximum Gasteiger partial charge on any atom is 0.387 e. The van der Waals surface area contributed by atoms with E-state index in [2.05, 4.69) is 25.9 Å². The Balaban J connectivity index is 1.86. The van der Waals surface area contributed by atoms with Crippen LogP contribution in [0.1, 0.15) is 20.8 Å². The molecule has 11 heteroatoms. The highest BCUT2D eigenvalue weighted by Gasteiger charge is 2.15. The Hall–Kier alpha value is -3.76. The summed E-state index contributed by atoms with van der Waals surface area (Å²) in [7, 11) is 1.23. The predicted octanol–water partition coefficient (Wildman–Crippen LogP) is 0.883. The summed E-state index contributed by atoms with van der Waals surface area (Å²) in [5.41, 5.74) is 4.43. The molecule has 1 heterocycles. The van der Waals surface area contributed by atoms with Crippen LogP contribution in [0.15, 0.2) is 42.6 Å². The number of alkyl halides is 2.